The molecule has 4 aromatic carbocycles. The zero-order valence-corrected chi connectivity index (χ0v) is 40.2. The molecule has 0 aliphatic rings. The van der Waals surface area contributed by atoms with Gasteiger partial charge in [0.05, 0.1) is 28.3 Å². The van der Waals surface area contributed by atoms with Gasteiger partial charge < -0.3 is 4.74 Å². The van der Waals surface area contributed by atoms with Crippen molar-refractivity contribution in [3.8, 4) is 28.0 Å². The van der Waals surface area contributed by atoms with Crippen LogP contribution in [0.25, 0.3) is 22.3 Å². The van der Waals surface area contributed by atoms with E-state index in [1.54, 1.807) is 33.2 Å². The van der Waals surface area contributed by atoms with E-state index in [4.69, 9.17) is 27.9 Å². The predicted octanol–water partition coefficient (Wildman–Crippen LogP) is 11.0. The number of aromatic nitrogens is 2. The van der Waals surface area contributed by atoms with Crippen molar-refractivity contribution >= 4 is 78.8 Å². The van der Waals surface area contributed by atoms with E-state index in [0.29, 0.717) is 49.2 Å². The molecule has 0 aliphatic carbocycles. The first-order valence-electron chi connectivity index (χ1n) is 18.9. The minimum atomic E-state index is -3.56. The van der Waals surface area contributed by atoms with Crippen LogP contribution in [0.3, 0.4) is 0 Å². The number of carbonyl (C=O) groups excluding carboxylic acids is 2. The Bertz CT molecular complexity index is 2920. The molecule has 9 nitrogen and oxygen atoms in total. The largest absolute Gasteiger partial charge is 0.497 e. The first-order valence-corrected chi connectivity index (χ1v) is 25.4. The lowest BCUT2D eigenvalue weighted by Gasteiger charge is -2.11. The van der Waals surface area contributed by atoms with Crippen LogP contribution < -0.4 is 4.74 Å². The lowest BCUT2D eigenvalue weighted by molar-refractivity contribution is 0.100. The molecule has 338 valence electrons. The molecule has 6 rings (SSSR count). The van der Waals surface area contributed by atoms with Crippen LogP contribution in [-0.4, -0.2) is 69.5 Å². The Morgan fingerprint density at radius 1 is 0.688 bits per heavy atom. The first-order chi connectivity index (χ1) is 30.0. The number of hydrogen-bond acceptors (Lipinski definition) is 11. The molecule has 0 spiro atoms. The molecule has 2 aromatic heterocycles. The van der Waals surface area contributed by atoms with E-state index in [-0.39, 0.29) is 16.1 Å². The smallest absolute Gasteiger partial charge is 0.231 e. The summed E-state index contributed by atoms with van der Waals surface area (Å²) in [6, 6.07) is 24.0. The second kappa shape index (κ2) is 23.0. The number of methoxy groups -OCH3 is 1. The van der Waals surface area contributed by atoms with Crippen LogP contribution in [0.2, 0.25) is 10.0 Å². The van der Waals surface area contributed by atoms with E-state index >= 15 is 0 Å². The number of ketones is 2. The Morgan fingerprint density at radius 2 is 1.19 bits per heavy atom. The van der Waals surface area contributed by atoms with E-state index in [9.17, 15) is 39.6 Å². The van der Waals surface area contributed by atoms with Crippen LogP contribution in [0.4, 0.5) is 13.2 Å². The van der Waals surface area contributed by atoms with Crippen LogP contribution in [-0.2, 0) is 31.2 Å². The van der Waals surface area contributed by atoms with Gasteiger partial charge in [0.1, 0.15) is 33.9 Å². The maximum absolute atomic E-state index is 14.6. The van der Waals surface area contributed by atoms with Crippen molar-refractivity contribution in [2.45, 2.75) is 37.3 Å². The van der Waals surface area contributed by atoms with Crippen molar-refractivity contribution < 1.29 is 44.3 Å². The van der Waals surface area contributed by atoms with Crippen molar-refractivity contribution in [2.24, 2.45) is 0 Å². The maximum atomic E-state index is 14.6. The molecule has 64 heavy (non-hydrogen) atoms. The van der Waals surface area contributed by atoms with E-state index < -0.39 is 60.3 Å². The number of thiol groups is 1. The number of aryl methyl sites for hydroxylation is 3. The van der Waals surface area contributed by atoms with Crippen LogP contribution in [0, 0.1) is 38.4 Å². The zero-order chi connectivity index (χ0) is 47.5. The minimum absolute atomic E-state index is 0.209. The molecule has 0 amide bonds. The second-order valence-electron chi connectivity index (χ2n) is 14.6. The number of benzene rings is 4. The zero-order valence-electron chi connectivity index (χ0n) is 35.4. The van der Waals surface area contributed by atoms with Crippen molar-refractivity contribution in [1.82, 2.24) is 9.97 Å². The Labute approximate surface area is 391 Å². The topological polar surface area (TPSA) is 137 Å². The predicted molar refractivity (Wildman–Crippen MR) is 253 cm³/mol. The number of thioether (sulfide) groups is 1. The third kappa shape index (κ3) is 15.5. The lowest BCUT2D eigenvalue weighted by atomic mass is 9.98. The van der Waals surface area contributed by atoms with Gasteiger partial charge in [-0.3, -0.25) is 9.59 Å². The third-order valence-corrected chi connectivity index (χ3v) is 12.7. The van der Waals surface area contributed by atoms with Gasteiger partial charge in [-0.1, -0.05) is 65.2 Å². The molecule has 6 aromatic rings. The van der Waals surface area contributed by atoms with Gasteiger partial charge >= 0.3 is 0 Å². The van der Waals surface area contributed by atoms with E-state index in [1.807, 2.05) is 24.3 Å². The summed E-state index contributed by atoms with van der Waals surface area (Å²) in [6.07, 6.45) is 4.63. The number of hydrogen-bond donors (Lipinski definition) is 1. The normalized spacial score (nSPS) is 11.2. The molecule has 0 bridgehead atoms. The number of ether oxygens (including phenoxy) is 1. The summed E-state index contributed by atoms with van der Waals surface area (Å²) in [4.78, 5) is 31.9. The highest BCUT2D eigenvalue weighted by molar-refractivity contribution is 7.98. The van der Waals surface area contributed by atoms with Crippen LogP contribution >= 0.6 is 47.6 Å². The van der Waals surface area contributed by atoms with Gasteiger partial charge in [0.15, 0.2) is 31.2 Å². The summed E-state index contributed by atoms with van der Waals surface area (Å²) in [5.41, 5.74) is 6.10. The molecular formula is C46H43Cl2F3N2O7S4. The van der Waals surface area contributed by atoms with E-state index in [0.717, 1.165) is 35.6 Å². The standard InChI is InChI=1S/C23H21ClFNO4S2.C15H12ClF2NO3S.C8H10S/c1-14-7-19(22(27)13-32(3,28)29)21(25)10-18(14)16-9-20(24)23(26-11-16)31-12-15-5-4-6-17(8-15)30-2;1-8-3-11(14(20)7-23(2,21)22)13(17)5-10(8)9-4-12(16)15(18)19-6-9;1-7-3-2-4-8(5-7)6-9/h4-11H,12-13H2,1-3H3;3-6H,7H2,1-2H3;2-5,9H,6H2,1H3. The van der Waals surface area contributed by atoms with E-state index in [2.05, 4.69) is 53.8 Å². The third-order valence-electron chi connectivity index (χ3n) is 9.02. The molecule has 0 atom stereocenters. The SMILES string of the molecule is COc1cccc(CSc2ncc(-c3cc(F)c(C(=O)CS(C)(=O)=O)cc3C)cc2Cl)c1.Cc1cc(C(=O)CS(C)(=O)=O)c(F)cc1-c1cnc(F)c(Cl)c1.Cc1cccc(CS)c1. The number of rotatable bonds is 13. The van der Waals surface area contributed by atoms with Crippen molar-refractivity contribution in [1.29, 1.82) is 0 Å². The summed E-state index contributed by atoms with van der Waals surface area (Å²) in [5, 5.41) is 0.850. The monoisotopic (exact) mass is 990 g/mol. The molecule has 0 N–H and O–H groups in total. The van der Waals surface area contributed by atoms with E-state index in [1.165, 1.54) is 53.4 Å². The molecule has 0 saturated carbocycles. The van der Waals surface area contributed by atoms with Crippen molar-refractivity contribution in [2.75, 3.05) is 31.1 Å². The number of sulfone groups is 2. The Kier molecular flexibility index (Phi) is 18.6. The summed E-state index contributed by atoms with van der Waals surface area (Å²) in [7, 11) is -5.50. The van der Waals surface area contributed by atoms with Gasteiger partial charge in [0.2, 0.25) is 5.95 Å². The second-order valence-corrected chi connectivity index (χ2v) is 21.0. The van der Waals surface area contributed by atoms with Crippen molar-refractivity contribution in [3.63, 3.8) is 0 Å². The number of Topliss-reactive ketones (excluding diaryl/α,β-unsaturated/α-hetero) is 2. The average molecular weight is 992 g/mol. The lowest BCUT2D eigenvalue weighted by Crippen LogP contribution is -2.16. The van der Waals surface area contributed by atoms with Gasteiger partial charge in [-0.2, -0.15) is 17.0 Å². The minimum Gasteiger partial charge on any atom is -0.497 e. The van der Waals surface area contributed by atoms with Crippen LogP contribution in [0.5, 0.6) is 5.75 Å². The molecule has 0 fully saturated rings. The number of nitrogens with zero attached hydrogens (tertiary/aromatic N) is 2. The summed E-state index contributed by atoms with van der Waals surface area (Å²) >= 11 is 17.7. The molecular weight excluding hydrogens is 949 g/mol. The number of pyridine rings is 2. The Hall–Kier alpha value is -4.71. The number of halogens is 5. The highest BCUT2D eigenvalue weighted by Crippen LogP contribution is 2.34. The Balaban J connectivity index is 0.000000243. The van der Waals surface area contributed by atoms with Gasteiger partial charge in [0, 0.05) is 47.5 Å². The van der Waals surface area contributed by atoms with Crippen LogP contribution in [0.15, 0.2) is 102 Å². The van der Waals surface area contributed by atoms with Gasteiger partial charge in [-0.15, -0.1) is 11.8 Å². The maximum Gasteiger partial charge on any atom is 0.231 e. The average Bonchev–Trinajstić information content (AvgIpc) is 3.22. The van der Waals surface area contributed by atoms with Crippen molar-refractivity contribution in [3.05, 3.63) is 164 Å². The quantitative estimate of drug-likeness (QED) is 0.0515. The highest BCUT2D eigenvalue weighted by atomic mass is 35.5. The summed E-state index contributed by atoms with van der Waals surface area (Å²) < 4.78 is 92.2. The molecule has 0 unspecified atom stereocenters. The van der Waals surface area contributed by atoms with Crippen LogP contribution in [0.1, 0.15) is 48.5 Å². The molecule has 2 heterocycles. The highest BCUT2D eigenvalue weighted by Gasteiger charge is 2.21. The molecule has 0 saturated heterocycles. The number of carbonyl (C=O) groups is 2. The fourth-order valence-electron chi connectivity index (χ4n) is 6.02. The molecule has 0 radical (unpaired) electrons. The molecule has 0 aliphatic heterocycles. The fraction of sp³-hybridized carbons (Fsp3) is 0.217. The van der Waals surface area contributed by atoms with Gasteiger partial charge in [-0.05, 0) is 103 Å². The van der Waals surface area contributed by atoms with Gasteiger partial charge in [0.25, 0.3) is 0 Å². The summed E-state index contributed by atoms with van der Waals surface area (Å²) in [5.74, 6) is -3.35. The Morgan fingerprint density at radius 3 is 1.64 bits per heavy atom. The van der Waals surface area contributed by atoms with Gasteiger partial charge in [-0.25, -0.2) is 35.6 Å². The fourth-order valence-corrected chi connectivity index (χ4v) is 8.78. The first kappa shape index (κ1) is 51.9. The summed E-state index contributed by atoms with van der Waals surface area (Å²) in [6.45, 7) is 5.42. The molecule has 18 heteroatoms.